The highest BCUT2D eigenvalue weighted by Gasteiger charge is 2.31. The van der Waals surface area contributed by atoms with Crippen molar-refractivity contribution in [1.82, 2.24) is 34.8 Å². The van der Waals surface area contributed by atoms with Gasteiger partial charge in [-0.3, -0.25) is 14.1 Å². The lowest BCUT2D eigenvalue weighted by Gasteiger charge is -2.38. The lowest BCUT2D eigenvalue weighted by Crippen LogP contribution is -2.48. The fraction of sp³-hybridized carbons (Fsp3) is 0.389. The molecule has 30 heavy (non-hydrogen) atoms. The number of fused-ring (bicyclic) bond motifs is 1. The van der Waals surface area contributed by atoms with Crippen LogP contribution in [0, 0.1) is 0 Å². The van der Waals surface area contributed by atoms with Crippen LogP contribution in [0.2, 0.25) is 0 Å². The number of halogens is 3. The highest BCUT2D eigenvalue weighted by molar-refractivity contribution is 5.94. The van der Waals surface area contributed by atoms with Gasteiger partial charge in [-0.05, 0) is 25.2 Å². The fourth-order valence-electron chi connectivity index (χ4n) is 3.34. The standard InChI is InChI=1S/C18H19F3N8O/c1-27-7-8-28(17-22-5-2-6-23-17)10-13(27)15-26-25-14-4-3-12(9-29(14)15)16(30)24-11-18(19,20)21/h2-6,9,13H,7-8,10-11H2,1H3,(H,24,30)/t13-/m0/s1. The first kappa shape index (κ1) is 20.0. The van der Waals surface area contributed by atoms with E-state index in [2.05, 4.69) is 25.1 Å². The van der Waals surface area contributed by atoms with Crippen LogP contribution >= 0.6 is 0 Å². The summed E-state index contributed by atoms with van der Waals surface area (Å²) in [6.07, 6.45) is 0.333. The number of rotatable bonds is 4. The molecule has 1 fully saturated rings. The second-order valence-electron chi connectivity index (χ2n) is 6.99. The number of aromatic nitrogens is 5. The second kappa shape index (κ2) is 7.86. The van der Waals surface area contributed by atoms with Crippen LogP contribution in [0.3, 0.4) is 0 Å². The van der Waals surface area contributed by atoms with Crippen molar-refractivity contribution in [2.45, 2.75) is 12.2 Å². The Kier molecular flexibility index (Phi) is 5.24. The van der Waals surface area contributed by atoms with Crippen molar-refractivity contribution < 1.29 is 18.0 Å². The normalized spacial score (nSPS) is 18.0. The highest BCUT2D eigenvalue weighted by atomic mass is 19.4. The number of anilines is 1. The Hall–Kier alpha value is -3.28. The molecule has 1 aliphatic rings. The number of pyridine rings is 1. The van der Waals surface area contributed by atoms with Gasteiger partial charge in [0.1, 0.15) is 6.54 Å². The molecule has 1 N–H and O–H groups in total. The molecule has 1 saturated heterocycles. The van der Waals surface area contributed by atoms with Crippen molar-refractivity contribution in [3.8, 4) is 0 Å². The molecule has 4 rings (SSSR count). The summed E-state index contributed by atoms with van der Waals surface area (Å²) in [7, 11) is 1.95. The number of carbonyl (C=O) groups is 1. The number of hydrogen-bond donors (Lipinski definition) is 1. The van der Waals surface area contributed by atoms with Crippen molar-refractivity contribution in [3.05, 3.63) is 48.2 Å². The van der Waals surface area contributed by atoms with Crippen LogP contribution in [-0.4, -0.2) is 74.8 Å². The van der Waals surface area contributed by atoms with E-state index in [1.165, 1.54) is 12.3 Å². The lowest BCUT2D eigenvalue weighted by molar-refractivity contribution is -0.123. The van der Waals surface area contributed by atoms with E-state index in [9.17, 15) is 18.0 Å². The molecule has 4 heterocycles. The third-order valence-electron chi connectivity index (χ3n) is 4.92. The maximum atomic E-state index is 12.4. The second-order valence-corrected chi connectivity index (χ2v) is 6.99. The molecule has 0 unspecified atom stereocenters. The molecule has 0 saturated carbocycles. The van der Waals surface area contributed by atoms with Gasteiger partial charge in [-0.25, -0.2) is 9.97 Å². The lowest BCUT2D eigenvalue weighted by atomic mass is 10.1. The van der Waals surface area contributed by atoms with E-state index in [-0.39, 0.29) is 11.6 Å². The van der Waals surface area contributed by atoms with Crippen LogP contribution in [0.1, 0.15) is 22.2 Å². The highest BCUT2D eigenvalue weighted by Crippen LogP contribution is 2.25. The molecule has 0 radical (unpaired) electrons. The molecule has 9 nitrogen and oxygen atoms in total. The molecule has 3 aromatic rings. The molecule has 3 aromatic heterocycles. The smallest absolute Gasteiger partial charge is 0.343 e. The van der Waals surface area contributed by atoms with Crippen molar-refractivity contribution in [3.63, 3.8) is 0 Å². The minimum Gasteiger partial charge on any atom is -0.343 e. The van der Waals surface area contributed by atoms with Crippen LogP contribution in [0.5, 0.6) is 0 Å². The zero-order valence-corrected chi connectivity index (χ0v) is 16.0. The zero-order chi connectivity index (χ0) is 21.3. The summed E-state index contributed by atoms with van der Waals surface area (Å²) in [6.45, 7) is 0.616. The van der Waals surface area contributed by atoms with Gasteiger partial charge in [0.25, 0.3) is 5.91 Å². The Morgan fingerprint density at radius 1 is 1.20 bits per heavy atom. The first-order valence-corrected chi connectivity index (χ1v) is 9.24. The summed E-state index contributed by atoms with van der Waals surface area (Å²) in [5, 5.41) is 10.3. The van der Waals surface area contributed by atoms with Gasteiger partial charge in [-0.15, -0.1) is 10.2 Å². The Bertz CT molecular complexity index is 1040. The first-order chi connectivity index (χ1) is 14.3. The van der Waals surface area contributed by atoms with E-state index in [1.807, 2.05) is 17.3 Å². The van der Waals surface area contributed by atoms with Crippen LogP contribution in [0.4, 0.5) is 19.1 Å². The average molecular weight is 420 g/mol. The van der Waals surface area contributed by atoms with Crippen molar-refractivity contribution in [2.24, 2.45) is 0 Å². The van der Waals surface area contributed by atoms with E-state index in [0.717, 1.165) is 13.1 Å². The molecule has 0 aliphatic carbocycles. The van der Waals surface area contributed by atoms with E-state index >= 15 is 0 Å². The average Bonchev–Trinajstić information content (AvgIpc) is 3.15. The quantitative estimate of drug-likeness (QED) is 0.680. The van der Waals surface area contributed by atoms with Crippen molar-refractivity contribution in [2.75, 3.05) is 38.1 Å². The van der Waals surface area contributed by atoms with Crippen LogP contribution in [-0.2, 0) is 0 Å². The Labute approximate surface area is 169 Å². The van der Waals surface area contributed by atoms with Crippen LogP contribution in [0.25, 0.3) is 5.65 Å². The van der Waals surface area contributed by atoms with Gasteiger partial charge in [0.2, 0.25) is 5.95 Å². The van der Waals surface area contributed by atoms with E-state index in [1.54, 1.807) is 28.9 Å². The minimum absolute atomic E-state index is 0.0921. The van der Waals surface area contributed by atoms with Gasteiger partial charge in [0.05, 0.1) is 11.6 Å². The predicted octanol–water partition coefficient (Wildman–Crippen LogP) is 1.30. The van der Waals surface area contributed by atoms with E-state index in [0.29, 0.717) is 24.0 Å². The molecule has 0 bridgehead atoms. The van der Waals surface area contributed by atoms with E-state index < -0.39 is 18.6 Å². The van der Waals surface area contributed by atoms with Gasteiger partial charge in [-0.1, -0.05) is 0 Å². The number of carbonyl (C=O) groups excluding carboxylic acids is 1. The number of piperazine rings is 1. The molecule has 1 atom stereocenters. The van der Waals surface area contributed by atoms with Gasteiger partial charge in [-0.2, -0.15) is 13.2 Å². The van der Waals surface area contributed by atoms with Crippen molar-refractivity contribution in [1.29, 1.82) is 0 Å². The monoisotopic (exact) mass is 420 g/mol. The maximum absolute atomic E-state index is 12.4. The van der Waals surface area contributed by atoms with Gasteiger partial charge in [0.15, 0.2) is 11.5 Å². The number of nitrogens with one attached hydrogen (secondary N) is 1. The molecule has 0 aromatic carbocycles. The molecule has 158 valence electrons. The summed E-state index contributed by atoms with van der Waals surface area (Å²) in [4.78, 5) is 24.9. The fourth-order valence-corrected chi connectivity index (χ4v) is 3.34. The summed E-state index contributed by atoms with van der Waals surface area (Å²) < 4.78 is 38.8. The molecular formula is C18H19F3N8O. The number of alkyl halides is 3. The number of hydrogen-bond acceptors (Lipinski definition) is 7. The van der Waals surface area contributed by atoms with Crippen LogP contribution in [0.15, 0.2) is 36.8 Å². The topological polar surface area (TPSA) is 91.6 Å². The Morgan fingerprint density at radius 3 is 2.70 bits per heavy atom. The molecular weight excluding hydrogens is 401 g/mol. The Balaban J connectivity index is 1.61. The SMILES string of the molecule is CN1CCN(c2ncccn2)C[C@H]1c1nnc2ccc(C(=O)NCC(F)(F)F)cn12. The van der Waals surface area contributed by atoms with E-state index in [4.69, 9.17) is 0 Å². The Morgan fingerprint density at radius 2 is 1.97 bits per heavy atom. The minimum atomic E-state index is -4.48. The largest absolute Gasteiger partial charge is 0.405 e. The van der Waals surface area contributed by atoms with Crippen LogP contribution < -0.4 is 10.2 Å². The third-order valence-corrected chi connectivity index (χ3v) is 4.92. The van der Waals surface area contributed by atoms with Gasteiger partial charge < -0.3 is 10.2 Å². The maximum Gasteiger partial charge on any atom is 0.405 e. The summed E-state index contributed by atoms with van der Waals surface area (Å²) in [5.74, 6) is 0.375. The molecule has 1 amide bonds. The summed E-state index contributed by atoms with van der Waals surface area (Å²) in [6, 6.07) is 4.55. The number of amides is 1. The van der Waals surface area contributed by atoms with Crippen molar-refractivity contribution >= 4 is 17.5 Å². The summed E-state index contributed by atoms with van der Waals surface area (Å²) in [5.41, 5.74) is 0.591. The zero-order valence-electron chi connectivity index (χ0n) is 16.0. The summed E-state index contributed by atoms with van der Waals surface area (Å²) >= 11 is 0. The van der Waals surface area contributed by atoms with Gasteiger partial charge >= 0.3 is 6.18 Å². The molecule has 1 aliphatic heterocycles. The van der Waals surface area contributed by atoms with Gasteiger partial charge in [0, 0.05) is 38.2 Å². The molecule has 12 heteroatoms. The number of nitrogens with zero attached hydrogens (tertiary/aromatic N) is 7. The molecule has 0 spiro atoms. The predicted molar refractivity (Wildman–Crippen MR) is 101 cm³/mol. The first-order valence-electron chi connectivity index (χ1n) is 9.24. The third kappa shape index (κ3) is 4.17. The number of likely N-dealkylation sites (N-methyl/N-ethyl adjacent to an activating group) is 1.